The average Bonchev–Trinajstić information content (AvgIpc) is 2.58. The first-order valence-corrected chi connectivity index (χ1v) is 7.42. The molecule has 2 aromatic rings. The molecule has 2 rings (SSSR count). The van der Waals surface area contributed by atoms with Crippen LogP contribution < -0.4 is 0 Å². The maximum absolute atomic E-state index is 12.4. The fourth-order valence-corrected chi connectivity index (χ4v) is 2.39. The fourth-order valence-electron chi connectivity index (χ4n) is 2.39. The van der Waals surface area contributed by atoms with E-state index in [0.29, 0.717) is 24.8 Å². The van der Waals surface area contributed by atoms with Gasteiger partial charge in [-0.3, -0.25) is 9.59 Å². The number of esters is 1. The minimum absolute atomic E-state index is 0.115. The summed E-state index contributed by atoms with van der Waals surface area (Å²) in [6.07, 6.45) is 2.02. The van der Waals surface area contributed by atoms with Gasteiger partial charge >= 0.3 is 5.97 Å². The van der Waals surface area contributed by atoms with Gasteiger partial charge in [0.25, 0.3) is 0 Å². The molecule has 0 heterocycles. The van der Waals surface area contributed by atoms with Crippen molar-refractivity contribution in [2.45, 2.75) is 25.7 Å². The highest BCUT2D eigenvalue weighted by Gasteiger charge is 2.12. The van der Waals surface area contributed by atoms with Gasteiger partial charge in [-0.25, -0.2) is 0 Å². The van der Waals surface area contributed by atoms with Gasteiger partial charge in [0.15, 0.2) is 5.78 Å². The van der Waals surface area contributed by atoms with Crippen molar-refractivity contribution in [3.8, 4) is 0 Å². The van der Waals surface area contributed by atoms with Gasteiger partial charge in [0.05, 0.1) is 7.11 Å². The van der Waals surface area contributed by atoms with E-state index in [0.717, 1.165) is 17.5 Å². The highest BCUT2D eigenvalue weighted by atomic mass is 16.5. The molecule has 0 amide bonds. The number of Topliss-reactive ketones (excluding diaryl/α,β-unsaturated/α-hetero) is 1. The molecule has 0 radical (unpaired) electrons. The number of rotatable bonds is 7. The Balaban J connectivity index is 2.01. The summed E-state index contributed by atoms with van der Waals surface area (Å²) < 4.78 is 4.65. The highest BCUT2D eigenvalue weighted by molar-refractivity contribution is 5.97. The van der Waals surface area contributed by atoms with Gasteiger partial charge in [-0.2, -0.15) is 0 Å². The fraction of sp³-hybridized carbons (Fsp3) is 0.263. The predicted molar refractivity (Wildman–Crippen MR) is 85.9 cm³/mol. The van der Waals surface area contributed by atoms with Gasteiger partial charge in [-0.05, 0) is 24.0 Å². The molecule has 0 aromatic heterocycles. The summed E-state index contributed by atoms with van der Waals surface area (Å²) >= 11 is 0. The zero-order chi connectivity index (χ0) is 15.8. The lowest BCUT2D eigenvalue weighted by Crippen LogP contribution is -2.08. The third-order valence-corrected chi connectivity index (χ3v) is 3.63. The smallest absolute Gasteiger partial charge is 0.305 e. The SMILES string of the molecule is COC(=O)CCc1ccccc1C(=O)CCc1ccccc1. The number of aryl methyl sites for hydroxylation is 2. The van der Waals surface area contributed by atoms with Crippen LogP contribution in [-0.4, -0.2) is 18.9 Å². The van der Waals surface area contributed by atoms with Crippen LogP contribution in [0.15, 0.2) is 54.6 Å². The van der Waals surface area contributed by atoms with Crippen molar-refractivity contribution in [1.82, 2.24) is 0 Å². The largest absolute Gasteiger partial charge is 0.469 e. The summed E-state index contributed by atoms with van der Waals surface area (Å²) in [6.45, 7) is 0. The molecule has 3 nitrogen and oxygen atoms in total. The maximum Gasteiger partial charge on any atom is 0.305 e. The molecule has 0 saturated carbocycles. The van der Waals surface area contributed by atoms with E-state index in [1.54, 1.807) is 0 Å². The summed E-state index contributed by atoms with van der Waals surface area (Å²) in [5, 5.41) is 0. The van der Waals surface area contributed by atoms with Crippen LogP contribution in [0.1, 0.15) is 34.3 Å². The van der Waals surface area contributed by atoms with Crippen LogP contribution in [0, 0.1) is 0 Å². The summed E-state index contributed by atoms with van der Waals surface area (Å²) in [7, 11) is 1.37. The number of carbonyl (C=O) groups excluding carboxylic acids is 2. The molecule has 0 aliphatic carbocycles. The highest BCUT2D eigenvalue weighted by Crippen LogP contribution is 2.15. The Morgan fingerprint density at radius 1 is 0.864 bits per heavy atom. The van der Waals surface area contributed by atoms with E-state index >= 15 is 0 Å². The van der Waals surface area contributed by atoms with Crippen molar-refractivity contribution in [2.24, 2.45) is 0 Å². The number of methoxy groups -OCH3 is 1. The van der Waals surface area contributed by atoms with Crippen LogP contribution in [0.2, 0.25) is 0 Å². The van der Waals surface area contributed by atoms with Gasteiger partial charge in [0.2, 0.25) is 0 Å². The average molecular weight is 296 g/mol. The molecule has 0 N–H and O–H groups in total. The number of ether oxygens (including phenoxy) is 1. The van der Waals surface area contributed by atoms with Crippen molar-refractivity contribution in [3.63, 3.8) is 0 Å². The number of benzene rings is 2. The van der Waals surface area contributed by atoms with Gasteiger partial charge in [0, 0.05) is 18.4 Å². The van der Waals surface area contributed by atoms with Crippen molar-refractivity contribution in [2.75, 3.05) is 7.11 Å². The molecule has 0 unspecified atom stereocenters. The van der Waals surface area contributed by atoms with Crippen LogP contribution in [0.3, 0.4) is 0 Å². The van der Waals surface area contributed by atoms with Crippen LogP contribution in [0.4, 0.5) is 0 Å². The van der Waals surface area contributed by atoms with Crippen LogP contribution in [-0.2, 0) is 22.4 Å². The van der Waals surface area contributed by atoms with E-state index < -0.39 is 0 Å². The Labute approximate surface area is 130 Å². The summed E-state index contributed by atoms with van der Waals surface area (Å²) in [5.74, 6) is -0.143. The molecule has 0 spiro atoms. The summed E-state index contributed by atoms with van der Waals surface area (Å²) in [5.41, 5.74) is 2.77. The Bertz CT molecular complexity index is 632. The molecule has 114 valence electrons. The second-order valence-corrected chi connectivity index (χ2v) is 5.14. The Morgan fingerprint density at radius 2 is 1.55 bits per heavy atom. The topological polar surface area (TPSA) is 43.4 Å². The zero-order valence-corrected chi connectivity index (χ0v) is 12.7. The van der Waals surface area contributed by atoms with Gasteiger partial charge in [-0.15, -0.1) is 0 Å². The minimum Gasteiger partial charge on any atom is -0.469 e. The molecule has 0 fully saturated rings. The summed E-state index contributed by atoms with van der Waals surface area (Å²) in [4.78, 5) is 23.7. The molecule has 0 atom stereocenters. The molecule has 3 heteroatoms. The number of carbonyl (C=O) groups is 2. The Hall–Kier alpha value is -2.42. The van der Waals surface area contributed by atoms with E-state index in [4.69, 9.17) is 0 Å². The lowest BCUT2D eigenvalue weighted by molar-refractivity contribution is -0.140. The quantitative estimate of drug-likeness (QED) is 0.579. The maximum atomic E-state index is 12.4. The lowest BCUT2D eigenvalue weighted by atomic mass is 9.96. The standard InChI is InChI=1S/C19H20O3/c1-22-19(21)14-12-16-9-5-6-10-17(16)18(20)13-11-15-7-3-2-4-8-15/h2-10H,11-14H2,1H3. The third-order valence-electron chi connectivity index (χ3n) is 3.63. The Morgan fingerprint density at radius 3 is 2.27 bits per heavy atom. The molecular formula is C19H20O3. The molecule has 0 aliphatic rings. The van der Waals surface area contributed by atoms with E-state index in [1.807, 2.05) is 54.6 Å². The van der Waals surface area contributed by atoms with Crippen LogP contribution >= 0.6 is 0 Å². The van der Waals surface area contributed by atoms with Crippen molar-refractivity contribution >= 4 is 11.8 Å². The molecule has 0 saturated heterocycles. The van der Waals surface area contributed by atoms with Gasteiger partial charge < -0.3 is 4.74 Å². The zero-order valence-electron chi connectivity index (χ0n) is 12.7. The normalized spacial score (nSPS) is 10.2. The first kappa shape index (κ1) is 16.0. The lowest BCUT2D eigenvalue weighted by Gasteiger charge is -2.08. The molecule has 0 aliphatic heterocycles. The van der Waals surface area contributed by atoms with E-state index in [1.165, 1.54) is 7.11 Å². The second-order valence-electron chi connectivity index (χ2n) is 5.14. The van der Waals surface area contributed by atoms with Crippen LogP contribution in [0.25, 0.3) is 0 Å². The van der Waals surface area contributed by atoms with E-state index in [9.17, 15) is 9.59 Å². The number of hydrogen-bond acceptors (Lipinski definition) is 3. The first-order valence-electron chi connectivity index (χ1n) is 7.42. The van der Waals surface area contributed by atoms with Crippen LogP contribution in [0.5, 0.6) is 0 Å². The van der Waals surface area contributed by atoms with Crippen molar-refractivity contribution in [1.29, 1.82) is 0 Å². The van der Waals surface area contributed by atoms with Crippen molar-refractivity contribution < 1.29 is 14.3 Å². The van der Waals surface area contributed by atoms with E-state index in [2.05, 4.69) is 4.74 Å². The minimum atomic E-state index is -0.258. The van der Waals surface area contributed by atoms with E-state index in [-0.39, 0.29) is 11.8 Å². The predicted octanol–water partition coefficient (Wildman–Crippen LogP) is 3.61. The molecule has 0 bridgehead atoms. The number of ketones is 1. The van der Waals surface area contributed by atoms with Crippen molar-refractivity contribution in [3.05, 3.63) is 71.3 Å². The van der Waals surface area contributed by atoms with Gasteiger partial charge in [0.1, 0.15) is 0 Å². The summed E-state index contributed by atoms with van der Waals surface area (Å²) in [6, 6.07) is 17.4. The molecular weight excluding hydrogens is 276 g/mol. The molecule has 22 heavy (non-hydrogen) atoms. The first-order chi connectivity index (χ1) is 10.7. The second kappa shape index (κ2) is 8.13. The number of hydrogen-bond donors (Lipinski definition) is 0. The van der Waals surface area contributed by atoms with Gasteiger partial charge in [-0.1, -0.05) is 54.6 Å². The Kier molecular flexibility index (Phi) is 5.90. The third kappa shape index (κ3) is 4.55. The molecule has 2 aromatic carbocycles. The monoisotopic (exact) mass is 296 g/mol.